The van der Waals surface area contributed by atoms with Gasteiger partial charge in [0.05, 0.1) is 10.7 Å². The molecule has 3 rings (SSSR count). The zero-order valence-corrected chi connectivity index (χ0v) is 17.0. The molecule has 0 bridgehead atoms. The summed E-state index contributed by atoms with van der Waals surface area (Å²) in [5, 5.41) is 18.4. The number of hydrogen-bond donors (Lipinski definition) is 2. The minimum atomic E-state index is -0.438. The maximum atomic E-state index is 12.1. The van der Waals surface area contributed by atoms with Crippen LogP contribution in [0.2, 0.25) is 0 Å². The number of carbonyl (C=O) groups is 1. The van der Waals surface area contributed by atoms with Crippen LogP contribution in [0.5, 0.6) is 0 Å². The molecule has 0 spiro atoms. The molecule has 1 amide bonds. The Bertz CT molecular complexity index is 1000. The van der Waals surface area contributed by atoms with Gasteiger partial charge in [-0.2, -0.15) is 0 Å². The lowest BCUT2D eigenvalue weighted by Gasteiger charge is -2.08. The van der Waals surface area contributed by atoms with E-state index in [4.69, 9.17) is 0 Å². The first-order valence-electron chi connectivity index (χ1n) is 8.54. The molecule has 2 heterocycles. The number of rotatable bonds is 8. The number of hydrogen-bond acceptors (Lipinski definition) is 8. The van der Waals surface area contributed by atoms with E-state index >= 15 is 0 Å². The second-order valence-corrected chi connectivity index (χ2v) is 8.18. The molecular weight excluding hydrogens is 398 g/mol. The minimum Gasteiger partial charge on any atom is -0.383 e. The average Bonchev–Trinajstić information content (AvgIpc) is 2.98. The van der Waals surface area contributed by atoms with E-state index in [-0.39, 0.29) is 17.3 Å². The summed E-state index contributed by atoms with van der Waals surface area (Å²) in [6.07, 6.45) is 1.53. The summed E-state index contributed by atoms with van der Waals surface area (Å²) in [7, 11) is 0. The van der Waals surface area contributed by atoms with E-state index in [2.05, 4.69) is 27.5 Å². The Morgan fingerprint density at radius 1 is 1.21 bits per heavy atom. The molecule has 0 aliphatic heterocycles. The van der Waals surface area contributed by atoms with Crippen LogP contribution >= 0.6 is 23.1 Å². The fraction of sp³-hybridized carbons (Fsp3) is 0.278. The third-order valence-electron chi connectivity index (χ3n) is 4.12. The van der Waals surface area contributed by atoms with E-state index in [1.165, 1.54) is 35.1 Å². The van der Waals surface area contributed by atoms with Crippen LogP contribution in [0.15, 0.2) is 35.6 Å². The Balaban J connectivity index is 1.44. The minimum absolute atomic E-state index is 0.0470. The number of carbonyl (C=O) groups excluding carboxylic acids is 1. The first-order chi connectivity index (χ1) is 13.5. The van der Waals surface area contributed by atoms with Crippen LogP contribution < -0.4 is 10.6 Å². The van der Waals surface area contributed by atoms with Gasteiger partial charge in [0.2, 0.25) is 5.91 Å². The van der Waals surface area contributed by atoms with E-state index in [9.17, 15) is 14.9 Å². The van der Waals surface area contributed by atoms with Gasteiger partial charge in [-0.15, -0.1) is 11.3 Å². The zero-order valence-electron chi connectivity index (χ0n) is 15.4. The number of aryl methyl sites for hydroxylation is 2. The van der Waals surface area contributed by atoms with Gasteiger partial charge in [0.15, 0.2) is 0 Å². The lowest BCUT2D eigenvalue weighted by Crippen LogP contribution is -2.30. The van der Waals surface area contributed by atoms with Gasteiger partial charge in [-0.05, 0) is 31.5 Å². The van der Waals surface area contributed by atoms with Gasteiger partial charge in [-0.1, -0.05) is 11.8 Å². The molecule has 0 radical (unpaired) electrons. The van der Waals surface area contributed by atoms with Crippen molar-refractivity contribution in [3.05, 3.63) is 51.1 Å². The van der Waals surface area contributed by atoms with Gasteiger partial charge < -0.3 is 10.6 Å². The van der Waals surface area contributed by atoms with Crippen molar-refractivity contribution in [3.8, 4) is 0 Å². The van der Waals surface area contributed by atoms with Gasteiger partial charge in [0, 0.05) is 41.2 Å². The fourth-order valence-corrected chi connectivity index (χ4v) is 4.50. The summed E-state index contributed by atoms with van der Waals surface area (Å²) in [6.45, 7) is 5.08. The predicted octanol–water partition coefficient (Wildman–Crippen LogP) is 3.54. The fourth-order valence-electron chi connectivity index (χ4n) is 2.55. The highest BCUT2D eigenvalue weighted by Gasteiger charge is 2.13. The van der Waals surface area contributed by atoms with E-state index < -0.39 is 4.92 Å². The van der Waals surface area contributed by atoms with Gasteiger partial charge in [0.25, 0.3) is 5.69 Å². The van der Waals surface area contributed by atoms with E-state index in [1.807, 2.05) is 6.92 Å². The molecule has 146 valence electrons. The molecule has 1 aromatic carbocycles. The van der Waals surface area contributed by atoms with Crippen molar-refractivity contribution >= 4 is 50.6 Å². The van der Waals surface area contributed by atoms with Crippen LogP contribution in [0, 0.1) is 24.0 Å². The van der Waals surface area contributed by atoms with Gasteiger partial charge >= 0.3 is 0 Å². The Kier molecular flexibility index (Phi) is 6.42. The number of thiophene rings is 1. The van der Waals surface area contributed by atoms with Crippen molar-refractivity contribution in [2.24, 2.45) is 0 Å². The van der Waals surface area contributed by atoms with Crippen LogP contribution in [0.3, 0.4) is 0 Å². The smallest absolute Gasteiger partial charge is 0.269 e. The van der Waals surface area contributed by atoms with Crippen molar-refractivity contribution in [1.29, 1.82) is 0 Å². The van der Waals surface area contributed by atoms with Crippen molar-refractivity contribution in [2.45, 2.75) is 18.9 Å². The summed E-state index contributed by atoms with van der Waals surface area (Å²) < 4.78 is 0. The number of amides is 1. The Hall–Kier alpha value is -2.72. The summed E-state index contributed by atoms with van der Waals surface area (Å²) in [5.41, 5.74) is 1.97. The number of anilines is 1. The van der Waals surface area contributed by atoms with Crippen LogP contribution in [0.25, 0.3) is 10.2 Å². The van der Waals surface area contributed by atoms with Gasteiger partial charge in [-0.3, -0.25) is 14.9 Å². The maximum absolute atomic E-state index is 12.1. The maximum Gasteiger partial charge on any atom is 0.269 e. The summed E-state index contributed by atoms with van der Waals surface area (Å²) in [4.78, 5) is 33.1. The van der Waals surface area contributed by atoms with Crippen molar-refractivity contribution in [2.75, 3.05) is 24.2 Å². The topological polar surface area (TPSA) is 110 Å². The SMILES string of the molecule is Cc1sc2ncnc(SCC(=O)NCCNc3ccc([N+](=O)[O-])cc3)c2c1C. The number of aromatic nitrogens is 2. The second-order valence-electron chi connectivity index (χ2n) is 6.01. The van der Waals surface area contributed by atoms with Gasteiger partial charge in [-0.25, -0.2) is 9.97 Å². The normalized spacial score (nSPS) is 10.8. The first kappa shape index (κ1) is 20.0. The van der Waals surface area contributed by atoms with Crippen molar-refractivity contribution in [1.82, 2.24) is 15.3 Å². The van der Waals surface area contributed by atoms with Crippen LogP contribution in [0.4, 0.5) is 11.4 Å². The van der Waals surface area contributed by atoms with E-state index in [0.29, 0.717) is 13.1 Å². The monoisotopic (exact) mass is 417 g/mol. The molecule has 2 aromatic heterocycles. The third-order valence-corrected chi connectivity index (χ3v) is 6.23. The quantitative estimate of drug-likeness (QED) is 0.190. The number of nitro groups is 1. The average molecular weight is 418 g/mol. The molecule has 8 nitrogen and oxygen atoms in total. The number of non-ortho nitro benzene ring substituents is 1. The molecule has 0 unspecified atom stereocenters. The first-order valence-corrected chi connectivity index (χ1v) is 10.3. The summed E-state index contributed by atoms with van der Waals surface area (Å²) in [6, 6.07) is 6.16. The second kappa shape index (κ2) is 8.98. The number of nitrogens with one attached hydrogen (secondary N) is 2. The molecule has 28 heavy (non-hydrogen) atoms. The Morgan fingerprint density at radius 3 is 2.68 bits per heavy atom. The molecule has 3 aromatic rings. The molecule has 10 heteroatoms. The summed E-state index contributed by atoms with van der Waals surface area (Å²) in [5.74, 6) is 0.199. The van der Waals surface area contributed by atoms with Crippen molar-refractivity contribution < 1.29 is 9.72 Å². The molecule has 0 aliphatic carbocycles. The van der Waals surface area contributed by atoms with E-state index in [1.54, 1.807) is 23.5 Å². The number of nitrogens with zero attached hydrogens (tertiary/aromatic N) is 3. The van der Waals surface area contributed by atoms with Gasteiger partial charge in [0.1, 0.15) is 16.2 Å². The van der Waals surface area contributed by atoms with Crippen LogP contribution in [-0.2, 0) is 4.79 Å². The lowest BCUT2D eigenvalue weighted by molar-refractivity contribution is -0.384. The number of thioether (sulfide) groups is 1. The molecule has 0 saturated carbocycles. The van der Waals surface area contributed by atoms with Crippen molar-refractivity contribution in [3.63, 3.8) is 0 Å². The highest BCUT2D eigenvalue weighted by atomic mass is 32.2. The molecular formula is C18H19N5O3S2. The number of fused-ring (bicyclic) bond motifs is 1. The predicted molar refractivity (Wildman–Crippen MR) is 112 cm³/mol. The highest BCUT2D eigenvalue weighted by Crippen LogP contribution is 2.34. The zero-order chi connectivity index (χ0) is 20.1. The lowest BCUT2D eigenvalue weighted by atomic mass is 10.2. The third kappa shape index (κ3) is 4.76. The summed E-state index contributed by atoms with van der Waals surface area (Å²) >= 11 is 3.04. The number of benzene rings is 1. The molecule has 0 fully saturated rings. The molecule has 2 N–H and O–H groups in total. The van der Waals surface area contributed by atoms with E-state index in [0.717, 1.165) is 26.5 Å². The number of nitro benzene ring substituents is 1. The molecule has 0 saturated heterocycles. The molecule has 0 atom stereocenters. The van der Waals surface area contributed by atoms with Crippen LogP contribution in [-0.4, -0.2) is 39.6 Å². The van der Waals surface area contributed by atoms with Crippen LogP contribution in [0.1, 0.15) is 10.4 Å². The highest BCUT2D eigenvalue weighted by molar-refractivity contribution is 8.00. The Morgan fingerprint density at radius 2 is 1.96 bits per heavy atom. The molecule has 0 aliphatic rings. The standard InChI is InChI=1S/C18H19N5O3S2/c1-11-12(2)28-18-16(11)17(21-10-22-18)27-9-15(24)20-8-7-19-13-3-5-14(6-4-13)23(25)26/h3-6,10,19H,7-9H2,1-2H3,(H,20,24). The Labute approximate surface area is 169 Å². The largest absolute Gasteiger partial charge is 0.383 e.